The van der Waals surface area contributed by atoms with Crippen LogP contribution in [-0.2, 0) is 22.6 Å². The largest absolute Gasteiger partial charge is 0.481 e. The molecule has 0 radical (unpaired) electrons. The molecule has 1 aliphatic rings. The molecular formula is C17H23NO3. The summed E-state index contributed by atoms with van der Waals surface area (Å²) in [6.07, 6.45) is 0.992. The van der Waals surface area contributed by atoms with Crippen LogP contribution in [0.1, 0.15) is 31.9 Å². The molecule has 0 bridgehead atoms. The number of amides is 1. The van der Waals surface area contributed by atoms with Gasteiger partial charge in [-0.1, -0.05) is 45.0 Å². The average Bonchev–Trinajstić information content (AvgIpc) is 3.01. The standard InChI is InChI=1S/C17H23NO3/c1-5-11-6-8-12(9-7-11)10-18(4)15(19)13-14(16(20)21)17(13,2)3/h6-9,13-14H,5,10H2,1-4H3,(H,20,21). The zero-order chi connectivity index (χ0) is 15.8. The van der Waals surface area contributed by atoms with Gasteiger partial charge in [-0.25, -0.2) is 0 Å². The van der Waals surface area contributed by atoms with E-state index in [2.05, 4.69) is 19.1 Å². The Kier molecular flexibility index (Phi) is 4.08. The van der Waals surface area contributed by atoms with Gasteiger partial charge in [0, 0.05) is 13.6 Å². The Hall–Kier alpha value is -1.84. The monoisotopic (exact) mass is 289 g/mol. The van der Waals surface area contributed by atoms with Crippen LogP contribution in [0.3, 0.4) is 0 Å². The van der Waals surface area contributed by atoms with Crippen LogP contribution in [0.15, 0.2) is 24.3 Å². The molecule has 1 aromatic rings. The van der Waals surface area contributed by atoms with Gasteiger partial charge in [0.25, 0.3) is 0 Å². The molecule has 1 aliphatic carbocycles. The van der Waals surface area contributed by atoms with Crippen molar-refractivity contribution in [2.24, 2.45) is 17.3 Å². The van der Waals surface area contributed by atoms with E-state index in [4.69, 9.17) is 5.11 Å². The number of hydrogen-bond donors (Lipinski definition) is 1. The van der Waals surface area contributed by atoms with Crippen molar-refractivity contribution >= 4 is 11.9 Å². The Morgan fingerprint density at radius 3 is 2.10 bits per heavy atom. The number of carbonyl (C=O) groups excluding carboxylic acids is 1. The molecule has 1 amide bonds. The first-order valence-corrected chi connectivity index (χ1v) is 7.34. The quantitative estimate of drug-likeness (QED) is 0.906. The van der Waals surface area contributed by atoms with Gasteiger partial charge < -0.3 is 10.0 Å². The third kappa shape index (κ3) is 2.94. The van der Waals surface area contributed by atoms with Crippen LogP contribution in [0.25, 0.3) is 0 Å². The van der Waals surface area contributed by atoms with Crippen molar-refractivity contribution in [3.05, 3.63) is 35.4 Å². The van der Waals surface area contributed by atoms with Gasteiger partial charge in [-0.3, -0.25) is 9.59 Å². The fourth-order valence-electron chi connectivity index (χ4n) is 3.03. The fraction of sp³-hybridized carbons (Fsp3) is 0.529. The molecule has 0 aliphatic heterocycles. The highest BCUT2D eigenvalue weighted by Gasteiger charge is 2.66. The zero-order valence-corrected chi connectivity index (χ0v) is 13.1. The van der Waals surface area contributed by atoms with Crippen molar-refractivity contribution < 1.29 is 14.7 Å². The number of benzene rings is 1. The van der Waals surface area contributed by atoms with Gasteiger partial charge in [0.05, 0.1) is 11.8 Å². The lowest BCUT2D eigenvalue weighted by Crippen LogP contribution is -2.29. The predicted octanol–water partition coefficient (Wildman–Crippen LogP) is 2.56. The molecule has 4 heteroatoms. The van der Waals surface area contributed by atoms with Gasteiger partial charge in [-0.2, -0.15) is 0 Å². The summed E-state index contributed by atoms with van der Waals surface area (Å²) >= 11 is 0. The number of nitrogens with zero attached hydrogens (tertiary/aromatic N) is 1. The molecular weight excluding hydrogens is 266 g/mol. The van der Waals surface area contributed by atoms with Crippen LogP contribution in [0.4, 0.5) is 0 Å². The molecule has 4 nitrogen and oxygen atoms in total. The molecule has 1 N–H and O–H groups in total. The van der Waals surface area contributed by atoms with Crippen LogP contribution in [0, 0.1) is 17.3 Å². The van der Waals surface area contributed by atoms with Crippen LogP contribution in [0.2, 0.25) is 0 Å². The lowest BCUT2D eigenvalue weighted by atomic mass is 10.1. The molecule has 0 heterocycles. The highest BCUT2D eigenvalue weighted by molar-refractivity contribution is 5.91. The Bertz CT molecular complexity index is 548. The van der Waals surface area contributed by atoms with Crippen molar-refractivity contribution in [3.8, 4) is 0 Å². The van der Waals surface area contributed by atoms with Crippen molar-refractivity contribution in [2.45, 2.75) is 33.7 Å². The van der Waals surface area contributed by atoms with Gasteiger partial charge in [-0.05, 0) is 23.0 Å². The lowest BCUT2D eigenvalue weighted by Gasteiger charge is -2.18. The zero-order valence-electron chi connectivity index (χ0n) is 13.1. The number of carboxylic acid groups (broad SMARTS) is 1. The molecule has 1 saturated carbocycles. The van der Waals surface area contributed by atoms with Crippen molar-refractivity contribution in [1.29, 1.82) is 0 Å². The molecule has 2 atom stereocenters. The van der Waals surface area contributed by atoms with E-state index in [-0.39, 0.29) is 5.91 Å². The molecule has 2 rings (SSSR count). The van der Waals surface area contributed by atoms with Gasteiger partial charge in [0.2, 0.25) is 5.91 Å². The third-order valence-corrected chi connectivity index (χ3v) is 4.59. The summed E-state index contributed by atoms with van der Waals surface area (Å²) in [6, 6.07) is 8.17. The number of rotatable bonds is 5. The van der Waals surface area contributed by atoms with Gasteiger partial charge in [-0.15, -0.1) is 0 Å². The van der Waals surface area contributed by atoms with Crippen molar-refractivity contribution in [3.63, 3.8) is 0 Å². The minimum absolute atomic E-state index is 0.0769. The average molecular weight is 289 g/mol. The smallest absolute Gasteiger partial charge is 0.307 e. The van der Waals surface area contributed by atoms with Crippen molar-refractivity contribution in [1.82, 2.24) is 4.90 Å². The first-order chi connectivity index (χ1) is 9.78. The molecule has 114 valence electrons. The maximum Gasteiger partial charge on any atom is 0.307 e. The summed E-state index contributed by atoms with van der Waals surface area (Å²) in [5.41, 5.74) is 1.89. The van der Waals surface area contributed by atoms with Gasteiger partial charge in [0.15, 0.2) is 0 Å². The third-order valence-electron chi connectivity index (χ3n) is 4.59. The highest BCUT2D eigenvalue weighted by atomic mass is 16.4. The van der Waals surface area contributed by atoms with E-state index in [1.165, 1.54) is 5.56 Å². The summed E-state index contributed by atoms with van der Waals surface area (Å²) in [6.45, 7) is 6.31. The van der Waals surface area contributed by atoms with Crippen molar-refractivity contribution in [2.75, 3.05) is 7.05 Å². The minimum Gasteiger partial charge on any atom is -0.481 e. The molecule has 1 fully saturated rings. The van der Waals surface area contributed by atoms with E-state index in [1.54, 1.807) is 11.9 Å². The topological polar surface area (TPSA) is 57.6 Å². The minimum atomic E-state index is -0.876. The van der Waals surface area contributed by atoms with Crippen LogP contribution in [-0.4, -0.2) is 28.9 Å². The normalized spacial score (nSPS) is 22.7. The summed E-state index contributed by atoms with van der Waals surface area (Å²) in [5, 5.41) is 9.17. The van der Waals surface area contributed by atoms with E-state index in [0.717, 1.165) is 12.0 Å². The number of carbonyl (C=O) groups is 2. The number of carboxylic acids is 1. The molecule has 0 aromatic heterocycles. The van der Waals surface area contributed by atoms with E-state index in [0.29, 0.717) is 6.54 Å². The first-order valence-electron chi connectivity index (χ1n) is 7.34. The molecule has 0 saturated heterocycles. The summed E-state index contributed by atoms with van der Waals surface area (Å²) in [4.78, 5) is 25.2. The number of hydrogen-bond acceptors (Lipinski definition) is 2. The van der Waals surface area contributed by atoms with E-state index in [1.807, 2.05) is 26.0 Å². The SMILES string of the molecule is CCc1ccc(CN(C)C(=O)C2C(C(=O)O)C2(C)C)cc1. The van der Waals surface area contributed by atoms with Gasteiger partial charge in [0.1, 0.15) is 0 Å². The Morgan fingerprint density at radius 1 is 1.14 bits per heavy atom. The maximum absolute atomic E-state index is 12.4. The van der Waals surface area contributed by atoms with Crippen LogP contribution in [0.5, 0.6) is 0 Å². The lowest BCUT2D eigenvalue weighted by molar-refractivity contribution is -0.141. The molecule has 0 spiro atoms. The predicted molar refractivity (Wildman–Crippen MR) is 80.7 cm³/mol. The van der Waals surface area contributed by atoms with E-state index in [9.17, 15) is 9.59 Å². The Labute approximate surface area is 125 Å². The molecule has 1 aromatic carbocycles. The fourth-order valence-corrected chi connectivity index (χ4v) is 3.03. The Morgan fingerprint density at radius 2 is 1.67 bits per heavy atom. The summed E-state index contributed by atoms with van der Waals surface area (Å²) in [5.74, 6) is -1.92. The van der Waals surface area contributed by atoms with Gasteiger partial charge >= 0.3 is 5.97 Å². The van der Waals surface area contributed by atoms with E-state index >= 15 is 0 Å². The first kappa shape index (κ1) is 15.5. The molecule has 21 heavy (non-hydrogen) atoms. The number of aryl methyl sites for hydroxylation is 1. The second-order valence-electron chi connectivity index (χ2n) is 6.48. The number of aliphatic carboxylic acids is 1. The van der Waals surface area contributed by atoms with E-state index < -0.39 is 23.2 Å². The second kappa shape index (κ2) is 5.51. The summed E-state index contributed by atoms with van der Waals surface area (Å²) < 4.78 is 0. The van der Waals surface area contributed by atoms with Crippen LogP contribution >= 0.6 is 0 Å². The summed E-state index contributed by atoms with van der Waals surface area (Å²) in [7, 11) is 1.74. The highest BCUT2D eigenvalue weighted by Crippen LogP contribution is 2.58. The molecule has 2 unspecified atom stereocenters. The Balaban J connectivity index is 2.02. The second-order valence-corrected chi connectivity index (χ2v) is 6.48. The van der Waals surface area contributed by atoms with Crippen LogP contribution < -0.4 is 0 Å². The maximum atomic E-state index is 12.4.